The number of nitrogens with zero attached hydrogens (tertiary/aromatic N) is 3. The van der Waals surface area contributed by atoms with Crippen molar-refractivity contribution in [1.82, 2.24) is 14.5 Å². The maximum absolute atomic E-state index is 7.04. The van der Waals surface area contributed by atoms with Crippen molar-refractivity contribution in [2.24, 2.45) is 0 Å². The van der Waals surface area contributed by atoms with E-state index in [0.29, 0.717) is 5.82 Å². The van der Waals surface area contributed by atoms with Crippen molar-refractivity contribution in [3.63, 3.8) is 0 Å². The lowest BCUT2D eigenvalue weighted by Crippen LogP contribution is -1.96. The lowest BCUT2D eigenvalue weighted by atomic mass is 10.0. The summed E-state index contributed by atoms with van der Waals surface area (Å²) in [6.45, 7) is 0. The predicted molar refractivity (Wildman–Crippen MR) is 215 cm³/mol. The second-order valence-corrected chi connectivity index (χ2v) is 13.4. The Morgan fingerprint density at radius 3 is 1.92 bits per heavy atom. The molecule has 11 aromatic rings. The van der Waals surface area contributed by atoms with Gasteiger partial charge in [0.25, 0.3) is 0 Å². The Morgan fingerprint density at radius 1 is 0.404 bits per heavy atom. The van der Waals surface area contributed by atoms with Crippen molar-refractivity contribution < 1.29 is 4.42 Å². The van der Waals surface area contributed by atoms with Crippen molar-refractivity contribution in [2.75, 3.05) is 0 Å². The Morgan fingerprint density at radius 2 is 1.06 bits per heavy atom. The largest absolute Gasteiger partial charge is 0.455 e. The van der Waals surface area contributed by atoms with Gasteiger partial charge < -0.3 is 8.98 Å². The van der Waals surface area contributed by atoms with E-state index in [1.165, 1.54) is 21.5 Å². The first kappa shape index (κ1) is 28.8. The molecule has 8 aromatic carbocycles. The Hall–Kier alpha value is -7.04. The molecular weight excluding hydrogens is 635 g/mol. The van der Waals surface area contributed by atoms with Crippen molar-refractivity contribution in [2.45, 2.75) is 0 Å². The van der Waals surface area contributed by atoms with Crippen LogP contribution in [0.15, 0.2) is 180 Å². The van der Waals surface area contributed by atoms with E-state index in [0.717, 1.165) is 77.5 Å². The highest BCUT2D eigenvalue weighted by Gasteiger charge is 2.21. The summed E-state index contributed by atoms with van der Waals surface area (Å²) in [5, 5.41) is 9.39. The van der Waals surface area contributed by atoms with Crippen LogP contribution in [-0.4, -0.2) is 14.5 Å². The summed E-state index contributed by atoms with van der Waals surface area (Å²) >= 11 is 0. The SMILES string of the molecule is c1ccc(-c2cc(-c3cccc4c3oc3c4ccc4c3c3ccccc3n4-c3ccc4c(ccc5ccccc54)c3)nc(-c3ccccc3)n2)cc1. The number of furan rings is 1. The molecule has 0 saturated heterocycles. The third kappa shape index (κ3) is 4.34. The zero-order valence-corrected chi connectivity index (χ0v) is 28.0. The van der Waals surface area contributed by atoms with Crippen molar-refractivity contribution in [3.8, 4) is 39.6 Å². The van der Waals surface area contributed by atoms with E-state index in [4.69, 9.17) is 14.4 Å². The van der Waals surface area contributed by atoms with Crippen LogP contribution in [0, 0.1) is 0 Å². The molecule has 0 aliphatic carbocycles. The molecule has 11 rings (SSSR count). The second-order valence-electron chi connectivity index (χ2n) is 13.4. The van der Waals surface area contributed by atoms with Gasteiger partial charge in [0.1, 0.15) is 11.2 Å². The number of rotatable bonds is 4. The lowest BCUT2D eigenvalue weighted by Gasteiger charge is -2.10. The third-order valence-electron chi connectivity index (χ3n) is 10.4. The minimum absolute atomic E-state index is 0.680. The molecule has 0 atom stereocenters. The minimum Gasteiger partial charge on any atom is -0.455 e. The number of benzene rings is 8. The molecule has 0 N–H and O–H groups in total. The first-order chi connectivity index (χ1) is 25.8. The highest BCUT2D eigenvalue weighted by atomic mass is 16.3. The highest BCUT2D eigenvalue weighted by molar-refractivity contribution is 6.25. The quantitative estimate of drug-likeness (QED) is 0.176. The zero-order chi connectivity index (χ0) is 34.2. The van der Waals surface area contributed by atoms with E-state index in [9.17, 15) is 0 Å². The number of aromatic nitrogens is 3. The maximum atomic E-state index is 7.04. The molecule has 0 unspecified atom stereocenters. The van der Waals surface area contributed by atoms with Crippen LogP contribution < -0.4 is 0 Å². The van der Waals surface area contributed by atoms with Crippen LogP contribution in [0.2, 0.25) is 0 Å². The van der Waals surface area contributed by atoms with Crippen LogP contribution in [0.4, 0.5) is 0 Å². The molecule has 0 aliphatic heterocycles. The Bertz CT molecular complexity index is 3120. The van der Waals surface area contributed by atoms with Crippen LogP contribution in [0.5, 0.6) is 0 Å². The molecule has 52 heavy (non-hydrogen) atoms. The average molecular weight is 664 g/mol. The van der Waals surface area contributed by atoms with Gasteiger partial charge in [-0.3, -0.25) is 0 Å². The van der Waals surface area contributed by atoms with E-state index in [2.05, 4.69) is 144 Å². The summed E-state index contributed by atoms with van der Waals surface area (Å²) in [4.78, 5) is 10.2. The number of hydrogen-bond acceptors (Lipinski definition) is 3. The monoisotopic (exact) mass is 663 g/mol. The fourth-order valence-corrected chi connectivity index (χ4v) is 7.99. The molecular formula is C48H29N3O. The minimum atomic E-state index is 0.680. The van der Waals surface area contributed by atoms with Gasteiger partial charge in [0.05, 0.1) is 27.8 Å². The first-order valence-electron chi connectivity index (χ1n) is 17.6. The summed E-state index contributed by atoms with van der Waals surface area (Å²) < 4.78 is 9.42. The molecule has 3 aromatic heterocycles. The van der Waals surface area contributed by atoms with Crippen molar-refractivity contribution >= 4 is 65.3 Å². The lowest BCUT2D eigenvalue weighted by molar-refractivity contribution is 0.674. The Labute approximate surface area is 298 Å². The van der Waals surface area contributed by atoms with E-state index in [1.807, 2.05) is 36.4 Å². The van der Waals surface area contributed by atoms with Gasteiger partial charge in [-0.15, -0.1) is 0 Å². The van der Waals surface area contributed by atoms with Crippen LogP contribution in [0.3, 0.4) is 0 Å². The van der Waals surface area contributed by atoms with Gasteiger partial charge in [-0.05, 0) is 64.0 Å². The maximum Gasteiger partial charge on any atom is 0.160 e. The molecule has 4 nitrogen and oxygen atoms in total. The Kier molecular flexibility index (Phi) is 6.22. The summed E-state index contributed by atoms with van der Waals surface area (Å²) in [5.41, 5.74) is 9.68. The first-order valence-corrected chi connectivity index (χ1v) is 17.6. The molecule has 0 amide bonds. The second kappa shape index (κ2) is 11.2. The summed E-state index contributed by atoms with van der Waals surface area (Å²) in [6.07, 6.45) is 0. The van der Waals surface area contributed by atoms with Crippen molar-refractivity contribution in [3.05, 3.63) is 176 Å². The fraction of sp³-hybridized carbons (Fsp3) is 0. The molecule has 0 aliphatic rings. The molecule has 3 heterocycles. The number of fused-ring (bicyclic) bond motifs is 10. The molecule has 242 valence electrons. The van der Waals surface area contributed by atoms with Gasteiger partial charge in [-0.25, -0.2) is 9.97 Å². The third-order valence-corrected chi connectivity index (χ3v) is 10.4. The van der Waals surface area contributed by atoms with Crippen LogP contribution in [0.25, 0.3) is 105 Å². The average Bonchev–Trinajstić information content (AvgIpc) is 3.77. The van der Waals surface area contributed by atoms with Gasteiger partial charge in [-0.2, -0.15) is 0 Å². The van der Waals surface area contributed by atoms with Crippen LogP contribution in [0.1, 0.15) is 0 Å². The topological polar surface area (TPSA) is 43.9 Å². The van der Waals surface area contributed by atoms with Crippen LogP contribution in [-0.2, 0) is 0 Å². The Balaban J connectivity index is 1.15. The summed E-state index contributed by atoms with van der Waals surface area (Å²) in [7, 11) is 0. The van der Waals surface area contributed by atoms with Gasteiger partial charge >= 0.3 is 0 Å². The smallest absolute Gasteiger partial charge is 0.160 e. The van der Waals surface area contributed by atoms with E-state index >= 15 is 0 Å². The van der Waals surface area contributed by atoms with E-state index in [1.54, 1.807) is 0 Å². The fourth-order valence-electron chi connectivity index (χ4n) is 7.99. The summed E-state index contributed by atoms with van der Waals surface area (Å²) in [5.74, 6) is 0.680. The van der Waals surface area contributed by atoms with E-state index in [-0.39, 0.29) is 0 Å². The normalized spacial score (nSPS) is 11.8. The van der Waals surface area contributed by atoms with Gasteiger partial charge in [0.2, 0.25) is 0 Å². The molecule has 0 saturated carbocycles. The molecule has 4 heteroatoms. The van der Waals surface area contributed by atoms with Crippen molar-refractivity contribution in [1.29, 1.82) is 0 Å². The van der Waals surface area contributed by atoms with Gasteiger partial charge in [0.15, 0.2) is 5.82 Å². The molecule has 0 spiro atoms. The molecule has 0 bridgehead atoms. The zero-order valence-electron chi connectivity index (χ0n) is 28.0. The number of para-hydroxylation sites is 2. The van der Waals surface area contributed by atoms with E-state index < -0.39 is 0 Å². The standard InChI is InChI=1S/C48H29N3O/c1-3-13-31(14-4-1)41-29-42(50-48(49-41)32-15-5-2-6-16-32)39-20-11-19-37-38-26-27-44-45(47(38)52-46(37)39)40-18-9-10-21-43(40)51(44)34-24-25-36-33(28-34)23-22-30-12-7-8-17-35(30)36/h1-29H. The molecule has 0 radical (unpaired) electrons. The van der Waals surface area contributed by atoms with Crippen LogP contribution >= 0.6 is 0 Å². The number of hydrogen-bond donors (Lipinski definition) is 0. The van der Waals surface area contributed by atoms with Gasteiger partial charge in [0, 0.05) is 38.5 Å². The molecule has 0 fully saturated rings. The van der Waals surface area contributed by atoms with Gasteiger partial charge in [-0.1, -0.05) is 133 Å². The predicted octanol–water partition coefficient (Wildman–Crippen LogP) is 12.8. The summed E-state index contributed by atoms with van der Waals surface area (Å²) in [6, 6.07) is 61.8. The highest BCUT2D eigenvalue weighted by Crippen LogP contribution is 2.43.